The van der Waals surface area contributed by atoms with E-state index >= 15 is 0 Å². The normalized spacial score (nSPS) is 16.6. The van der Waals surface area contributed by atoms with Crippen molar-refractivity contribution in [2.45, 2.75) is 25.7 Å². The van der Waals surface area contributed by atoms with E-state index in [1.165, 1.54) is 10.3 Å². The molecule has 2 aromatic rings. The Morgan fingerprint density at radius 2 is 2.15 bits per heavy atom. The molecule has 1 aliphatic rings. The lowest BCUT2D eigenvalue weighted by molar-refractivity contribution is 0.211. The molecular formula is C15H19N3OS. The van der Waals surface area contributed by atoms with E-state index in [4.69, 9.17) is 10.1 Å². The number of rotatable bonds is 2. The summed E-state index contributed by atoms with van der Waals surface area (Å²) in [5.41, 5.74) is 1.11. The van der Waals surface area contributed by atoms with Crippen LogP contribution in [0.5, 0.6) is 0 Å². The van der Waals surface area contributed by atoms with Crippen LogP contribution in [0.25, 0.3) is 10.9 Å². The summed E-state index contributed by atoms with van der Waals surface area (Å²) in [5, 5.41) is 9.15. The summed E-state index contributed by atoms with van der Waals surface area (Å²) in [4.78, 5) is 3.44. The van der Waals surface area contributed by atoms with Crippen LogP contribution in [0.2, 0.25) is 0 Å². The quantitative estimate of drug-likeness (QED) is 0.680. The molecule has 0 aliphatic carbocycles. The fourth-order valence-electron chi connectivity index (χ4n) is 2.78. The molecule has 3 rings (SSSR count). The third-order valence-corrected chi connectivity index (χ3v) is 4.88. The molecule has 0 spiro atoms. The highest BCUT2D eigenvalue weighted by atomic mass is 32.1. The highest BCUT2D eigenvalue weighted by Gasteiger charge is 2.25. The van der Waals surface area contributed by atoms with Crippen LogP contribution in [0.1, 0.15) is 30.6 Å². The van der Waals surface area contributed by atoms with E-state index in [9.17, 15) is 0 Å². The van der Waals surface area contributed by atoms with Gasteiger partial charge in [0.15, 0.2) is 0 Å². The van der Waals surface area contributed by atoms with Gasteiger partial charge < -0.3 is 9.64 Å². The van der Waals surface area contributed by atoms with Gasteiger partial charge in [-0.25, -0.2) is 0 Å². The van der Waals surface area contributed by atoms with Gasteiger partial charge in [0.25, 0.3) is 6.02 Å². The molecule has 2 heterocycles. The van der Waals surface area contributed by atoms with Crippen molar-refractivity contribution in [3.8, 4) is 0 Å². The molecule has 1 aromatic carbocycles. The van der Waals surface area contributed by atoms with Gasteiger partial charge in [0.1, 0.15) is 0 Å². The van der Waals surface area contributed by atoms with Gasteiger partial charge in [0, 0.05) is 23.4 Å². The van der Waals surface area contributed by atoms with E-state index in [2.05, 4.69) is 22.6 Å². The summed E-state index contributed by atoms with van der Waals surface area (Å²) in [6, 6.07) is 8.69. The molecule has 1 N–H and O–H groups in total. The molecule has 0 saturated carbocycles. The average Bonchev–Trinajstić information content (AvgIpc) is 2.92. The maximum Gasteiger partial charge on any atom is 0.284 e. The lowest BCUT2D eigenvalue weighted by Gasteiger charge is -2.32. The average molecular weight is 289 g/mol. The number of piperidine rings is 1. The Morgan fingerprint density at radius 1 is 1.40 bits per heavy atom. The molecule has 0 unspecified atom stereocenters. The molecule has 0 atom stereocenters. The van der Waals surface area contributed by atoms with Gasteiger partial charge in [-0.15, -0.1) is 0 Å². The number of hydrogen-bond acceptors (Lipinski definition) is 4. The fourth-order valence-corrected chi connectivity index (χ4v) is 3.79. The van der Waals surface area contributed by atoms with Crippen LogP contribution in [-0.4, -0.2) is 35.0 Å². The Balaban J connectivity index is 1.70. The lowest BCUT2D eigenvalue weighted by Crippen LogP contribution is -2.38. The van der Waals surface area contributed by atoms with Crippen molar-refractivity contribution < 1.29 is 4.74 Å². The van der Waals surface area contributed by atoms with Crippen molar-refractivity contribution in [3.63, 3.8) is 0 Å². The Hall–Kier alpha value is -1.62. The SMILES string of the molecule is CCOC(=N)N1CCC(c2snc3ccccc23)CC1. The van der Waals surface area contributed by atoms with Crippen molar-refractivity contribution in [1.82, 2.24) is 9.27 Å². The van der Waals surface area contributed by atoms with Crippen LogP contribution >= 0.6 is 11.5 Å². The van der Waals surface area contributed by atoms with Crippen LogP contribution in [0, 0.1) is 5.41 Å². The molecule has 0 bridgehead atoms. The van der Waals surface area contributed by atoms with E-state index in [0.717, 1.165) is 31.4 Å². The predicted octanol–water partition coefficient (Wildman–Crippen LogP) is 3.45. The van der Waals surface area contributed by atoms with Crippen LogP contribution in [0.4, 0.5) is 0 Å². The molecule has 1 aromatic heterocycles. The predicted molar refractivity (Wildman–Crippen MR) is 82.5 cm³/mol. The monoisotopic (exact) mass is 289 g/mol. The third kappa shape index (κ3) is 2.50. The first-order chi connectivity index (χ1) is 9.79. The number of nitrogens with one attached hydrogen (secondary N) is 1. The topological polar surface area (TPSA) is 49.2 Å². The maximum atomic E-state index is 7.85. The minimum absolute atomic E-state index is 0.320. The van der Waals surface area contributed by atoms with Gasteiger partial charge in [-0.2, -0.15) is 4.37 Å². The molecule has 0 radical (unpaired) electrons. The van der Waals surface area contributed by atoms with Crippen molar-refractivity contribution in [2.24, 2.45) is 0 Å². The van der Waals surface area contributed by atoms with Crippen molar-refractivity contribution in [3.05, 3.63) is 29.1 Å². The van der Waals surface area contributed by atoms with Crippen molar-refractivity contribution >= 4 is 28.5 Å². The van der Waals surface area contributed by atoms with E-state index in [0.29, 0.717) is 18.5 Å². The smallest absolute Gasteiger partial charge is 0.284 e. The number of nitrogens with zero attached hydrogens (tertiary/aromatic N) is 2. The van der Waals surface area contributed by atoms with E-state index in [1.54, 1.807) is 11.5 Å². The van der Waals surface area contributed by atoms with Gasteiger partial charge in [-0.1, -0.05) is 18.2 Å². The second-order valence-electron chi connectivity index (χ2n) is 5.06. The number of amidine groups is 1. The third-order valence-electron chi connectivity index (χ3n) is 3.85. The minimum atomic E-state index is 0.320. The van der Waals surface area contributed by atoms with Gasteiger partial charge in [-0.05, 0) is 43.3 Å². The van der Waals surface area contributed by atoms with Crippen LogP contribution < -0.4 is 0 Å². The summed E-state index contributed by atoms with van der Waals surface area (Å²) in [5.74, 6) is 0.568. The second kappa shape index (κ2) is 5.79. The molecule has 0 amide bonds. The molecule has 20 heavy (non-hydrogen) atoms. The summed E-state index contributed by atoms with van der Waals surface area (Å²) in [7, 11) is 0. The van der Waals surface area contributed by atoms with Gasteiger partial charge in [0.2, 0.25) is 0 Å². The maximum absolute atomic E-state index is 7.85. The molecule has 1 aliphatic heterocycles. The van der Waals surface area contributed by atoms with Crippen molar-refractivity contribution in [2.75, 3.05) is 19.7 Å². The Bertz CT molecular complexity index is 602. The summed E-state index contributed by atoms with van der Waals surface area (Å²) in [6.07, 6.45) is 2.14. The number of likely N-dealkylation sites (tertiary alicyclic amines) is 1. The molecule has 1 fully saturated rings. The number of fused-ring (bicyclic) bond motifs is 1. The molecule has 5 heteroatoms. The van der Waals surface area contributed by atoms with Gasteiger partial charge in [-0.3, -0.25) is 5.41 Å². The number of hydrogen-bond donors (Lipinski definition) is 1. The summed E-state index contributed by atoms with van der Waals surface area (Å²) in [6.45, 7) is 4.29. The van der Waals surface area contributed by atoms with Crippen molar-refractivity contribution in [1.29, 1.82) is 5.41 Å². The standard InChI is InChI=1S/C15H19N3OS/c1-2-19-15(16)18-9-7-11(8-10-18)14-12-5-3-4-6-13(12)17-20-14/h3-6,11,16H,2,7-10H2,1H3. The van der Waals surface area contributed by atoms with E-state index in [1.807, 2.05) is 17.9 Å². The van der Waals surface area contributed by atoms with E-state index in [-0.39, 0.29) is 0 Å². The minimum Gasteiger partial charge on any atom is -0.466 e. The Kier molecular flexibility index (Phi) is 3.87. The number of benzene rings is 1. The van der Waals surface area contributed by atoms with Crippen LogP contribution in [0.15, 0.2) is 24.3 Å². The zero-order valence-electron chi connectivity index (χ0n) is 11.6. The van der Waals surface area contributed by atoms with Gasteiger partial charge in [0.05, 0.1) is 12.1 Å². The molecular weight excluding hydrogens is 270 g/mol. The number of aromatic nitrogens is 1. The second-order valence-corrected chi connectivity index (χ2v) is 5.87. The highest BCUT2D eigenvalue weighted by molar-refractivity contribution is 7.07. The molecule has 4 nitrogen and oxygen atoms in total. The molecule has 1 saturated heterocycles. The highest BCUT2D eigenvalue weighted by Crippen LogP contribution is 2.35. The number of ether oxygens (including phenoxy) is 1. The first kappa shape index (κ1) is 13.4. The zero-order valence-corrected chi connectivity index (χ0v) is 12.4. The van der Waals surface area contributed by atoms with Gasteiger partial charge >= 0.3 is 0 Å². The van der Waals surface area contributed by atoms with E-state index < -0.39 is 0 Å². The molecule has 106 valence electrons. The van der Waals surface area contributed by atoms with Crippen LogP contribution in [-0.2, 0) is 4.74 Å². The zero-order chi connectivity index (χ0) is 13.9. The van der Waals surface area contributed by atoms with Crippen LogP contribution in [0.3, 0.4) is 0 Å². The Labute approximate surface area is 123 Å². The summed E-state index contributed by atoms with van der Waals surface area (Å²) >= 11 is 1.64. The first-order valence-corrected chi connectivity index (χ1v) is 7.87. The lowest BCUT2D eigenvalue weighted by atomic mass is 9.93. The summed E-state index contributed by atoms with van der Waals surface area (Å²) < 4.78 is 9.82. The first-order valence-electron chi connectivity index (χ1n) is 7.10. The Morgan fingerprint density at radius 3 is 2.90 bits per heavy atom. The largest absolute Gasteiger partial charge is 0.466 e. The fraction of sp³-hybridized carbons (Fsp3) is 0.467.